The van der Waals surface area contributed by atoms with Crippen LogP contribution in [0.1, 0.15) is 27.2 Å². The van der Waals surface area contributed by atoms with Crippen molar-refractivity contribution < 1.29 is 9.90 Å². The number of likely N-dealkylation sites (N-methyl/N-ethyl adjacent to an activating group) is 1. The third-order valence-electron chi connectivity index (χ3n) is 1.91. The molecule has 0 rings (SSSR count). The maximum Gasteiger partial charge on any atom is 0.0586 e. The molecule has 0 N–H and O–H groups in total. The van der Waals surface area contributed by atoms with Crippen molar-refractivity contribution >= 4 is 5.97 Å². The van der Waals surface area contributed by atoms with Gasteiger partial charge in [0.1, 0.15) is 0 Å². The van der Waals surface area contributed by atoms with Gasteiger partial charge in [-0.15, -0.1) is 0 Å². The van der Waals surface area contributed by atoms with Gasteiger partial charge >= 0.3 is 0 Å². The normalized spacial score (nSPS) is 13.5. The van der Waals surface area contributed by atoms with E-state index in [2.05, 4.69) is 0 Å². The first-order valence-electron chi connectivity index (χ1n) is 4.12. The molecule has 11 heavy (non-hydrogen) atoms. The molecule has 0 aliphatic heterocycles. The molecule has 0 saturated carbocycles. The Morgan fingerprint density at radius 1 is 1.36 bits per heavy atom. The van der Waals surface area contributed by atoms with E-state index < -0.39 is 12.0 Å². The van der Waals surface area contributed by atoms with Crippen molar-refractivity contribution in [3.63, 3.8) is 0 Å². The second-order valence-electron chi connectivity index (χ2n) is 2.46. The Kier molecular flexibility index (Phi) is 4.86. The van der Waals surface area contributed by atoms with Crippen LogP contribution in [0.15, 0.2) is 0 Å². The molecule has 0 radical (unpaired) electrons. The van der Waals surface area contributed by atoms with Crippen molar-refractivity contribution in [1.29, 1.82) is 0 Å². The fourth-order valence-corrected chi connectivity index (χ4v) is 1.24. The summed E-state index contributed by atoms with van der Waals surface area (Å²) in [6.45, 7) is 7.30. The summed E-state index contributed by atoms with van der Waals surface area (Å²) in [4.78, 5) is 12.4. The highest BCUT2D eigenvalue weighted by Crippen LogP contribution is 2.01. The minimum absolute atomic E-state index is 0.412. The molecule has 3 heteroatoms. The number of carbonyl (C=O) groups is 1. The van der Waals surface area contributed by atoms with Crippen LogP contribution in [0.3, 0.4) is 0 Å². The van der Waals surface area contributed by atoms with E-state index in [0.717, 1.165) is 13.1 Å². The van der Waals surface area contributed by atoms with Crippen LogP contribution < -0.4 is 5.11 Å². The Morgan fingerprint density at radius 2 is 1.82 bits per heavy atom. The van der Waals surface area contributed by atoms with Crippen LogP contribution in [0, 0.1) is 0 Å². The Bertz CT molecular complexity index is 121. The van der Waals surface area contributed by atoms with Crippen molar-refractivity contribution in [1.82, 2.24) is 4.90 Å². The molecule has 0 aromatic heterocycles. The lowest BCUT2D eigenvalue weighted by molar-refractivity contribution is -0.311. The lowest BCUT2D eigenvalue weighted by atomic mass is 10.2. The van der Waals surface area contributed by atoms with Gasteiger partial charge in [0.15, 0.2) is 0 Å². The number of rotatable bonds is 5. The molecule has 1 unspecified atom stereocenters. The molecule has 0 aliphatic carbocycles. The number of hydrogen-bond donors (Lipinski definition) is 0. The lowest BCUT2D eigenvalue weighted by Crippen LogP contribution is -2.47. The molecule has 0 aromatic carbocycles. The second-order valence-corrected chi connectivity index (χ2v) is 2.46. The molecule has 1 atom stereocenters. The van der Waals surface area contributed by atoms with Crippen molar-refractivity contribution in [2.75, 3.05) is 13.1 Å². The second kappa shape index (κ2) is 5.13. The van der Waals surface area contributed by atoms with Crippen molar-refractivity contribution in [3.8, 4) is 0 Å². The number of hydrogen-bond acceptors (Lipinski definition) is 3. The molecule has 3 nitrogen and oxygen atoms in total. The summed E-state index contributed by atoms with van der Waals surface area (Å²) in [5, 5.41) is 10.5. The van der Waals surface area contributed by atoms with Gasteiger partial charge < -0.3 is 9.90 Å². The third kappa shape index (κ3) is 2.89. The molecule has 0 heterocycles. The maximum absolute atomic E-state index is 10.5. The zero-order valence-electron chi connectivity index (χ0n) is 7.46. The molecule has 0 bridgehead atoms. The van der Waals surface area contributed by atoms with E-state index in [1.54, 1.807) is 0 Å². The topological polar surface area (TPSA) is 43.4 Å². The van der Waals surface area contributed by atoms with E-state index in [1.165, 1.54) is 0 Å². The standard InChI is InChI=1S/C8H17NO2/c1-4-7(8(10)11)9(5-2)6-3/h7H,4-6H2,1-3H3,(H,10,11)/p-1. The Balaban J connectivity index is 4.09. The summed E-state index contributed by atoms with van der Waals surface area (Å²) in [5.41, 5.74) is 0. The Labute approximate surface area is 68.0 Å². The van der Waals surface area contributed by atoms with Gasteiger partial charge in [0.25, 0.3) is 0 Å². The van der Waals surface area contributed by atoms with Gasteiger partial charge in [-0.2, -0.15) is 0 Å². The zero-order valence-corrected chi connectivity index (χ0v) is 7.46. The van der Waals surface area contributed by atoms with E-state index in [0.29, 0.717) is 6.42 Å². The summed E-state index contributed by atoms with van der Waals surface area (Å²) >= 11 is 0. The minimum atomic E-state index is -0.962. The fraction of sp³-hybridized carbons (Fsp3) is 0.875. The summed E-state index contributed by atoms with van der Waals surface area (Å²) in [7, 11) is 0. The molecule has 0 spiro atoms. The summed E-state index contributed by atoms with van der Waals surface area (Å²) in [6, 6.07) is -0.412. The van der Waals surface area contributed by atoms with Gasteiger partial charge in [0.2, 0.25) is 0 Å². The van der Waals surface area contributed by atoms with Crippen LogP contribution in [-0.4, -0.2) is 30.0 Å². The van der Waals surface area contributed by atoms with Gasteiger partial charge in [0.05, 0.1) is 5.97 Å². The van der Waals surface area contributed by atoms with Crippen molar-refractivity contribution in [2.24, 2.45) is 0 Å². The number of aliphatic carboxylic acids is 1. The highest BCUT2D eigenvalue weighted by atomic mass is 16.4. The monoisotopic (exact) mass is 158 g/mol. The molecular formula is C8H16NO2-. The Morgan fingerprint density at radius 3 is 1.91 bits per heavy atom. The SMILES string of the molecule is CCC(C(=O)[O-])N(CC)CC. The smallest absolute Gasteiger partial charge is 0.0586 e. The molecule has 0 aromatic rings. The number of carboxylic acid groups (broad SMARTS) is 1. The van der Waals surface area contributed by atoms with Crippen LogP contribution in [0.25, 0.3) is 0 Å². The largest absolute Gasteiger partial charge is 0.548 e. The summed E-state index contributed by atoms with van der Waals surface area (Å²) in [5.74, 6) is -0.962. The predicted molar refractivity (Wildman–Crippen MR) is 42.0 cm³/mol. The minimum Gasteiger partial charge on any atom is -0.548 e. The average Bonchev–Trinajstić information content (AvgIpc) is 1.99. The van der Waals surface area contributed by atoms with E-state index in [4.69, 9.17) is 0 Å². The van der Waals surface area contributed by atoms with E-state index in [-0.39, 0.29) is 0 Å². The van der Waals surface area contributed by atoms with E-state index in [9.17, 15) is 9.90 Å². The van der Waals surface area contributed by atoms with Crippen LogP contribution in [-0.2, 0) is 4.79 Å². The predicted octanol–water partition coefficient (Wildman–Crippen LogP) is -0.143. The lowest BCUT2D eigenvalue weighted by Gasteiger charge is -2.29. The van der Waals surface area contributed by atoms with Crippen LogP contribution in [0.5, 0.6) is 0 Å². The van der Waals surface area contributed by atoms with Gasteiger partial charge in [0, 0.05) is 6.04 Å². The highest BCUT2D eigenvalue weighted by molar-refractivity contribution is 5.71. The fourth-order valence-electron chi connectivity index (χ4n) is 1.24. The first kappa shape index (κ1) is 10.4. The van der Waals surface area contributed by atoms with Crippen molar-refractivity contribution in [2.45, 2.75) is 33.2 Å². The number of carbonyl (C=O) groups excluding carboxylic acids is 1. The molecule has 66 valence electrons. The third-order valence-corrected chi connectivity index (χ3v) is 1.91. The van der Waals surface area contributed by atoms with Crippen LogP contribution >= 0.6 is 0 Å². The van der Waals surface area contributed by atoms with Gasteiger partial charge in [-0.05, 0) is 19.5 Å². The quantitative estimate of drug-likeness (QED) is 0.559. The van der Waals surface area contributed by atoms with Crippen molar-refractivity contribution in [3.05, 3.63) is 0 Å². The molecule has 0 aliphatic rings. The first-order chi connectivity index (χ1) is 5.17. The average molecular weight is 158 g/mol. The molecule has 0 amide bonds. The van der Waals surface area contributed by atoms with E-state index in [1.807, 2.05) is 25.7 Å². The zero-order chi connectivity index (χ0) is 8.85. The summed E-state index contributed by atoms with van der Waals surface area (Å²) < 4.78 is 0. The first-order valence-corrected chi connectivity index (χ1v) is 4.12. The maximum atomic E-state index is 10.5. The number of nitrogens with zero attached hydrogens (tertiary/aromatic N) is 1. The Hall–Kier alpha value is -0.570. The van der Waals surface area contributed by atoms with Crippen LogP contribution in [0.4, 0.5) is 0 Å². The molecule has 0 fully saturated rings. The molecule has 0 saturated heterocycles. The molecular weight excluding hydrogens is 142 g/mol. The number of carboxylic acids is 1. The van der Waals surface area contributed by atoms with Gasteiger partial charge in [-0.1, -0.05) is 20.8 Å². The van der Waals surface area contributed by atoms with Gasteiger partial charge in [-0.25, -0.2) is 0 Å². The highest BCUT2D eigenvalue weighted by Gasteiger charge is 2.13. The van der Waals surface area contributed by atoms with Crippen LogP contribution in [0.2, 0.25) is 0 Å². The van der Waals surface area contributed by atoms with E-state index >= 15 is 0 Å². The summed E-state index contributed by atoms with van der Waals surface area (Å²) in [6.07, 6.45) is 0.615. The van der Waals surface area contributed by atoms with Gasteiger partial charge in [-0.3, -0.25) is 4.90 Å².